The number of hydrogen-bond acceptors (Lipinski definition) is 4. The average Bonchev–Trinajstić information content (AvgIpc) is 3.47. The molecule has 1 aromatic heterocycles. The number of piperidine rings is 1. The minimum Gasteiger partial charge on any atom is -0.379 e. The van der Waals surface area contributed by atoms with Crippen LogP contribution < -0.4 is 0 Å². The summed E-state index contributed by atoms with van der Waals surface area (Å²) in [5, 5.41) is 0. The molecular formula is C21H34N4O2. The largest absolute Gasteiger partial charge is 0.379 e. The minimum absolute atomic E-state index is 0.304. The first-order valence-electron chi connectivity index (χ1n) is 10.6. The minimum atomic E-state index is 0.304. The summed E-state index contributed by atoms with van der Waals surface area (Å²) in [4.78, 5) is 20.2. The molecular weight excluding hydrogens is 340 g/mol. The maximum Gasteiger partial charge on any atom is 0.226 e. The smallest absolute Gasteiger partial charge is 0.226 e. The predicted molar refractivity (Wildman–Crippen MR) is 105 cm³/mol. The van der Waals surface area contributed by atoms with Crippen molar-refractivity contribution in [2.75, 3.05) is 52.5 Å². The summed E-state index contributed by atoms with van der Waals surface area (Å²) in [6.45, 7) is 8.62. The Morgan fingerprint density at radius 2 is 2.00 bits per heavy atom. The Kier molecular flexibility index (Phi) is 6.15. The van der Waals surface area contributed by atoms with Crippen molar-refractivity contribution in [1.82, 2.24) is 19.3 Å². The van der Waals surface area contributed by atoms with E-state index in [9.17, 15) is 4.79 Å². The molecule has 0 aromatic carbocycles. The van der Waals surface area contributed by atoms with E-state index in [0.29, 0.717) is 17.9 Å². The quantitative estimate of drug-likeness (QED) is 0.726. The lowest BCUT2D eigenvalue weighted by Crippen LogP contribution is -2.53. The molecule has 1 aromatic rings. The molecule has 2 saturated heterocycles. The number of morpholine rings is 1. The normalized spacial score (nSPS) is 24.9. The van der Waals surface area contributed by atoms with Gasteiger partial charge in [-0.25, -0.2) is 0 Å². The number of aryl methyl sites for hydroxylation is 1. The zero-order valence-corrected chi connectivity index (χ0v) is 16.7. The topological polar surface area (TPSA) is 41.0 Å². The average molecular weight is 375 g/mol. The molecule has 0 spiro atoms. The summed E-state index contributed by atoms with van der Waals surface area (Å²) in [5.41, 5.74) is 1.35. The molecule has 1 saturated carbocycles. The lowest BCUT2D eigenvalue weighted by molar-refractivity contribution is -0.136. The highest BCUT2D eigenvalue weighted by Crippen LogP contribution is 2.32. The number of carbonyl (C=O) groups excluding carboxylic acids is 1. The highest BCUT2D eigenvalue weighted by atomic mass is 16.5. The van der Waals surface area contributed by atoms with E-state index in [2.05, 4.69) is 44.6 Å². The maximum atomic E-state index is 13.0. The molecule has 4 rings (SSSR count). The van der Waals surface area contributed by atoms with E-state index in [1.165, 1.54) is 12.1 Å². The van der Waals surface area contributed by atoms with Crippen LogP contribution in [0.3, 0.4) is 0 Å². The van der Waals surface area contributed by atoms with Crippen LogP contribution in [0.2, 0.25) is 0 Å². The molecule has 2 aliphatic heterocycles. The molecule has 3 fully saturated rings. The lowest BCUT2D eigenvalue weighted by Gasteiger charge is -2.40. The van der Waals surface area contributed by atoms with Gasteiger partial charge in [-0.3, -0.25) is 14.6 Å². The Morgan fingerprint density at radius 1 is 1.19 bits per heavy atom. The highest BCUT2D eigenvalue weighted by molar-refractivity contribution is 5.81. The van der Waals surface area contributed by atoms with Crippen LogP contribution in [-0.4, -0.2) is 83.7 Å². The van der Waals surface area contributed by atoms with Gasteiger partial charge in [0.05, 0.1) is 13.2 Å². The molecule has 0 radical (unpaired) electrons. The van der Waals surface area contributed by atoms with Crippen molar-refractivity contribution in [2.24, 2.45) is 13.0 Å². The van der Waals surface area contributed by atoms with E-state index in [-0.39, 0.29) is 0 Å². The van der Waals surface area contributed by atoms with Gasteiger partial charge in [0.1, 0.15) is 0 Å². The van der Waals surface area contributed by atoms with E-state index in [1.54, 1.807) is 0 Å². The Morgan fingerprint density at radius 3 is 2.70 bits per heavy atom. The van der Waals surface area contributed by atoms with Crippen LogP contribution in [0.4, 0.5) is 0 Å². The zero-order chi connectivity index (χ0) is 18.6. The fraction of sp³-hybridized carbons (Fsp3) is 0.762. The molecule has 0 bridgehead atoms. The maximum absolute atomic E-state index is 13.0. The van der Waals surface area contributed by atoms with E-state index in [4.69, 9.17) is 4.74 Å². The first-order valence-corrected chi connectivity index (χ1v) is 10.6. The first-order chi connectivity index (χ1) is 13.2. The summed E-state index contributed by atoms with van der Waals surface area (Å²) in [6, 6.07) is 4.69. The van der Waals surface area contributed by atoms with Crippen LogP contribution in [0.15, 0.2) is 18.3 Å². The SMILES string of the molecule is Cn1cccc1CN1CCCC(N(CCN2CCOCC2)C(=O)C2CC2)C1. The Hall–Kier alpha value is -1.37. The number of hydrogen-bond donors (Lipinski definition) is 0. The molecule has 0 N–H and O–H groups in total. The van der Waals surface area contributed by atoms with Crippen LogP contribution in [0.5, 0.6) is 0 Å². The third kappa shape index (κ3) is 4.92. The van der Waals surface area contributed by atoms with E-state index in [1.807, 2.05) is 0 Å². The van der Waals surface area contributed by atoms with Crippen molar-refractivity contribution in [1.29, 1.82) is 0 Å². The zero-order valence-electron chi connectivity index (χ0n) is 16.7. The van der Waals surface area contributed by atoms with Crippen molar-refractivity contribution in [3.63, 3.8) is 0 Å². The lowest BCUT2D eigenvalue weighted by atomic mass is 10.0. The van der Waals surface area contributed by atoms with E-state index in [0.717, 1.165) is 78.3 Å². The number of amides is 1. The van der Waals surface area contributed by atoms with Gasteiger partial charge >= 0.3 is 0 Å². The van der Waals surface area contributed by atoms with Crippen molar-refractivity contribution in [3.8, 4) is 0 Å². The van der Waals surface area contributed by atoms with Crippen molar-refractivity contribution in [3.05, 3.63) is 24.0 Å². The van der Waals surface area contributed by atoms with Gasteiger partial charge in [-0.15, -0.1) is 0 Å². The van der Waals surface area contributed by atoms with Crippen molar-refractivity contribution >= 4 is 5.91 Å². The molecule has 1 atom stereocenters. The van der Waals surface area contributed by atoms with Gasteiger partial charge in [-0.2, -0.15) is 0 Å². The number of carbonyl (C=O) groups is 1. The fourth-order valence-corrected chi connectivity index (χ4v) is 4.43. The van der Waals surface area contributed by atoms with Crippen LogP contribution >= 0.6 is 0 Å². The van der Waals surface area contributed by atoms with Crippen molar-refractivity contribution < 1.29 is 9.53 Å². The van der Waals surface area contributed by atoms with Crippen LogP contribution in [0, 0.1) is 5.92 Å². The van der Waals surface area contributed by atoms with E-state index < -0.39 is 0 Å². The standard InChI is InChI=1S/C21H34N4O2/c1-22-8-2-4-19(22)16-24-9-3-5-20(17-24)25(21(26)18-6-7-18)11-10-23-12-14-27-15-13-23/h2,4,8,18,20H,3,5-7,9-17H2,1H3. The summed E-state index contributed by atoms with van der Waals surface area (Å²) in [7, 11) is 2.11. The number of nitrogens with zero attached hydrogens (tertiary/aromatic N) is 4. The molecule has 3 heterocycles. The Labute approximate surface area is 163 Å². The summed E-state index contributed by atoms with van der Waals surface area (Å²) >= 11 is 0. The third-order valence-electron chi connectivity index (χ3n) is 6.33. The van der Waals surface area contributed by atoms with Gasteiger partial charge in [0.2, 0.25) is 5.91 Å². The second kappa shape index (κ2) is 8.76. The van der Waals surface area contributed by atoms with Gasteiger partial charge in [-0.1, -0.05) is 0 Å². The molecule has 1 unspecified atom stereocenters. The second-order valence-corrected chi connectivity index (χ2v) is 8.40. The monoisotopic (exact) mass is 374 g/mol. The number of rotatable bonds is 7. The molecule has 6 nitrogen and oxygen atoms in total. The molecule has 150 valence electrons. The first kappa shape index (κ1) is 19.0. The molecule has 3 aliphatic rings. The highest BCUT2D eigenvalue weighted by Gasteiger charge is 2.37. The molecule has 6 heteroatoms. The summed E-state index contributed by atoms with van der Waals surface area (Å²) in [5.74, 6) is 0.715. The van der Waals surface area contributed by atoms with Gasteiger partial charge < -0.3 is 14.2 Å². The van der Waals surface area contributed by atoms with Gasteiger partial charge in [0.15, 0.2) is 0 Å². The fourth-order valence-electron chi connectivity index (χ4n) is 4.43. The van der Waals surface area contributed by atoms with Gasteiger partial charge in [0, 0.05) is 70.2 Å². The van der Waals surface area contributed by atoms with Crippen LogP contribution in [-0.2, 0) is 23.1 Å². The van der Waals surface area contributed by atoms with Crippen molar-refractivity contribution in [2.45, 2.75) is 38.3 Å². The summed E-state index contributed by atoms with van der Waals surface area (Å²) < 4.78 is 7.66. The van der Waals surface area contributed by atoms with Gasteiger partial charge in [0.25, 0.3) is 0 Å². The molecule has 1 aliphatic carbocycles. The Bertz CT molecular complexity index is 621. The summed E-state index contributed by atoms with van der Waals surface area (Å²) in [6.07, 6.45) is 6.62. The van der Waals surface area contributed by atoms with Crippen LogP contribution in [0.1, 0.15) is 31.4 Å². The second-order valence-electron chi connectivity index (χ2n) is 8.40. The number of aromatic nitrogens is 1. The van der Waals surface area contributed by atoms with Gasteiger partial charge in [-0.05, 0) is 44.4 Å². The third-order valence-corrected chi connectivity index (χ3v) is 6.33. The Balaban J connectivity index is 1.37. The predicted octanol–water partition coefficient (Wildman–Crippen LogP) is 1.56. The number of likely N-dealkylation sites (tertiary alicyclic amines) is 1. The van der Waals surface area contributed by atoms with Crippen LogP contribution in [0.25, 0.3) is 0 Å². The molecule has 27 heavy (non-hydrogen) atoms. The molecule has 1 amide bonds. The number of ether oxygens (including phenoxy) is 1. The van der Waals surface area contributed by atoms with E-state index >= 15 is 0 Å².